The highest BCUT2D eigenvalue weighted by Gasteiger charge is 2.38. The van der Waals surface area contributed by atoms with Crippen LogP contribution in [-0.4, -0.2) is 58.4 Å². The van der Waals surface area contributed by atoms with Gasteiger partial charge in [-0.05, 0) is 38.6 Å². The maximum atomic E-state index is 12.7. The number of nitrogens with zero attached hydrogens (tertiary/aromatic N) is 1. The number of carboxylic acids is 2. The Balaban J connectivity index is 0.000000479. The minimum atomic E-state index is -5.08. The van der Waals surface area contributed by atoms with E-state index in [1.54, 1.807) is 0 Å². The molecule has 1 aliphatic heterocycles. The van der Waals surface area contributed by atoms with Crippen molar-refractivity contribution in [3.05, 3.63) is 15.6 Å². The molecule has 12 heteroatoms. The quantitative estimate of drug-likeness (QED) is 0.476. The molecule has 2 heterocycles. The van der Waals surface area contributed by atoms with Gasteiger partial charge in [0.2, 0.25) is 0 Å². The van der Waals surface area contributed by atoms with Gasteiger partial charge in [0, 0.05) is 12.5 Å². The highest BCUT2D eigenvalue weighted by atomic mass is 32.1. The first-order valence-electron chi connectivity index (χ1n) is 11.0. The summed E-state index contributed by atoms with van der Waals surface area (Å²) in [6.07, 6.45) is 3.34. The number of carboxylic acid groups (broad SMARTS) is 2. The molecule has 8 nitrogen and oxygen atoms in total. The zero-order valence-corrected chi connectivity index (χ0v) is 19.2. The topological polar surface area (TPSA) is 129 Å². The summed E-state index contributed by atoms with van der Waals surface area (Å²) in [5.74, 6) is -3.24. The van der Waals surface area contributed by atoms with Crippen LogP contribution in [0.15, 0.2) is 0 Å². The summed E-state index contributed by atoms with van der Waals surface area (Å²) in [7, 11) is 0. The number of halogens is 3. The normalized spacial score (nSPS) is 20.3. The first kappa shape index (κ1) is 27.0. The predicted molar refractivity (Wildman–Crippen MR) is 115 cm³/mol. The number of carbonyl (C=O) groups is 3. The Morgan fingerprint density at radius 3 is 2.30 bits per heavy atom. The molecule has 1 amide bonds. The molecule has 1 aliphatic carbocycles. The summed E-state index contributed by atoms with van der Waals surface area (Å²) in [5.41, 5.74) is 0.704. The number of hydrogen-bond donors (Lipinski definition) is 4. The molecule has 2 atom stereocenters. The van der Waals surface area contributed by atoms with Crippen LogP contribution in [0.25, 0.3) is 0 Å². The van der Waals surface area contributed by atoms with E-state index in [0.29, 0.717) is 28.8 Å². The molecule has 0 spiro atoms. The number of thiazole rings is 1. The van der Waals surface area contributed by atoms with Crippen LogP contribution in [0, 0.1) is 12.8 Å². The zero-order chi connectivity index (χ0) is 24.6. The fourth-order valence-corrected chi connectivity index (χ4v) is 5.17. The van der Waals surface area contributed by atoms with Crippen LogP contribution in [0.5, 0.6) is 0 Å². The van der Waals surface area contributed by atoms with Crippen LogP contribution in [0.3, 0.4) is 0 Å². The molecular weight excluding hydrogens is 463 g/mol. The standard InChI is InChI=1S/C19H29N3O3S.C2HF3O2/c1-12-16(26-18(21-12)14-8-5-9-20-11-14)17(23)22-15(19(24)25)10-13-6-3-2-4-7-13;3-2(4,5)1(6)7/h13-15,20H,2-11H2,1H3,(H,22,23)(H,24,25);(H,6,7)/t14?,15-;/m1./s1. The van der Waals surface area contributed by atoms with Crippen molar-refractivity contribution in [2.24, 2.45) is 5.92 Å². The predicted octanol–water partition coefficient (Wildman–Crippen LogP) is 3.71. The van der Waals surface area contributed by atoms with Crippen molar-refractivity contribution in [3.8, 4) is 0 Å². The number of aliphatic carboxylic acids is 2. The number of carbonyl (C=O) groups excluding carboxylic acids is 1. The average Bonchev–Trinajstić information content (AvgIpc) is 3.16. The van der Waals surface area contributed by atoms with E-state index in [2.05, 4.69) is 15.6 Å². The number of nitrogens with one attached hydrogen (secondary N) is 2. The minimum absolute atomic E-state index is 0.293. The van der Waals surface area contributed by atoms with Gasteiger partial charge in [-0.2, -0.15) is 13.2 Å². The molecule has 186 valence electrons. The van der Waals surface area contributed by atoms with E-state index in [-0.39, 0.29) is 5.91 Å². The monoisotopic (exact) mass is 493 g/mol. The second kappa shape index (κ2) is 12.3. The highest BCUT2D eigenvalue weighted by Crippen LogP contribution is 2.30. The summed E-state index contributed by atoms with van der Waals surface area (Å²) >= 11 is 1.42. The number of aryl methyl sites for hydroxylation is 1. The Morgan fingerprint density at radius 2 is 1.79 bits per heavy atom. The Labute approximate surface area is 194 Å². The molecule has 4 N–H and O–H groups in total. The van der Waals surface area contributed by atoms with E-state index in [4.69, 9.17) is 9.90 Å². The molecule has 0 aromatic carbocycles. The van der Waals surface area contributed by atoms with Crippen LogP contribution in [-0.2, 0) is 9.59 Å². The van der Waals surface area contributed by atoms with E-state index >= 15 is 0 Å². The molecule has 1 saturated carbocycles. The Morgan fingerprint density at radius 1 is 1.15 bits per heavy atom. The van der Waals surface area contributed by atoms with E-state index < -0.39 is 24.2 Å². The van der Waals surface area contributed by atoms with Crippen molar-refractivity contribution in [1.29, 1.82) is 0 Å². The summed E-state index contributed by atoms with van der Waals surface area (Å²) in [4.78, 5) is 38.4. The molecule has 1 saturated heterocycles. The van der Waals surface area contributed by atoms with Crippen molar-refractivity contribution in [3.63, 3.8) is 0 Å². The number of rotatable bonds is 6. The lowest BCUT2D eigenvalue weighted by Gasteiger charge is -2.25. The van der Waals surface area contributed by atoms with Crippen molar-refractivity contribution >= 4 is 29.2 Å². The summed E-state index contributed by atoms with van der Waals surface area (Å²) in [6.45, 7) is 3.77. The molecule has 0 bridgehead atoms. The lowest BCUT2D eigenvalue weighted by Crippen LogP contribution is -2.42. The summed E-state index contributed by atoms with van der Waals surface area (Å²) in [6, 6.07) is -0.813. The van der Waals surface area contributed by atoms with Gasteiger partial charge in [0.15, 0.2) is 0 Å². The molecule has 33 heavy (non-hydrogen) atoms. The molecule has 2 aliphatic rings. The van der Waals surface area contributed by atoms with Crippen LogP contribution < -0.4 is 10.6 Å². The third-order valence-electron chi connectivity index (χ3n) is 5.81. The molecule has 2 fully saturated rings. The van der Waals surface area contributed by atoms with E-state index in [1.807, 2.05) is 6.92 Å². The first-order chi connectivity index (χ1) is 15.5. The summed E-state index contributed by atoms with van der Waals surface area (Å²) < 4.78 is 31.7. The average molecular weight is 494 g/mol. The van der Waals surface area contributed by atoms with Crippen molar-refractivity contribution < 1.29 is 37.8 Å². The summed E-state index contributed by atoms with van der Waals surface area (Å²) in [5, 5.41) is 23.8. The van der Waals surface area contributed by atoms with Gasteiger partial charge in [0.1, 0.15) is 10.9 Å². The molecule has 1 aromatic rings. The Kier molecular flexibility index (Phi) is 10.1. The van der Waals surface area contributed by atoms with Gasteiger partial charge in [0.25, 0.3) is 5.91 Å². The third kappa shape index (κ3) is 8.58. The molecule has 0 radical (unpaired) electrons. The van der Waals surface area contributed by atoms with E-state index in [9.17, 15) is 27.9 Å². The van der Waals surface area contributed by atoms with Crippen molar-refractivity contribution in [1.82, 2.24) is 15.6 Å². The SMILES string of the molecule is Cc1nc(C2CCCNC2)sc1C(=O)N[C@H](CC1CCCCC1)C(=O)O.O=C(O)C(F)(F)F. The van der Waals surface area contributed by atoms with Gasteiger partial charge in [0.05, 0.1) is 10.7 Å². The fourth-order valence-electron chi connectivity index (χ4n) is 4.07. The smallest absolute Gasteiger partial charge is 0.480 e. The number of piperidine rings is 1. The number of aromatic nitrogens is 1. The zero-order valence-electron chi connectivity index (χ0n) is 18.4. The third-order valence-corrected chi connectivity index (χ3v) is 7.12. The maximum Gasteiger partial charge on any atom is 0.490 e. The molecule has 1 aromatic heterocycles. The maximum absolute atomic E-state index is 12.7. The Hall–Kier alpha value is -2.21. The highest BCUT2D eigenvalue weighted by molar-refractivity contribution is 7.13. The fraction of sp³-hybridized carbons (Fsp3) is 0.714. The second-order valence-electron chi connectivity index (χ2n) is 8.42. The molecule has 1 unspecified atom stereocenters. The van der Waals surface area contributed by atoms with Crippen LogP contribution in [0.4, 0.5) is 13.2 Å². The van der Waals surface area contributed by atoms with Gasteiger partial charge in [-0.15, -0.1) is 11.3 Å². The minimum Gasteiger partial charge on any atom is -0.480 e. The molecular formula is C21H30F3N3O5S. The molecule has 3 rings (SSSR count). The largest absolute Gasteiger partial charge is 0.490 e. The van der Waals surface area contributed by atoms with Gasteiger partial charge >= 0.3 is 18.1 Å². The van der Waals surface area contributed by atoms with Gasteiger partial charge in [-0.25, -0.2) is 14.6 Å². The number of alkyl halides is 3. The lowest BCUT2D eigenvalue weighted by molar-refractivity contribution is -0.192. The van der Waals surface area contributed by atoms with Gasteiger partial charge in [-0.3, -0.25) is 4.79 Å². The van der Waals surface area contributed by atoms with Crippen LogP contribution in [0.2, 0.25) is 0 Å². The van der Waals surface area contributed by atoms with E-state index in [1.165, 1.54) is 17.8 Å². The van der Waals surface area contributed by atoms with Gasteiger partial charge in [-0.1, -0.05) is 32.1 Å². The lowest BCUT2D eigenvalue weighted by atomic mass is 9.85. The van der Waals surface area contributed by atoms with Crippen LogP contribution >= 0.6 is 11.3 Å². The van der Waals surface area contributed by atoms with E-state index in [0.717, 1.165) is 56.6 Å². The van der Waals surface area contributed by atoms with Gasteiger partial charge < -0.3 is 20.8 Å². The number of hydrogen-bond acceptors (Lipinski definition) is 6. The number of amides is 1. The second-order valence-corrected chi connectivity index (χ2v) is 9.45. The Bertz CT molecular complexity index is 819. The van der Waals surface area contributed by atoms with Crippen LogP contribution in [0.1, 0.15) is 77.7 Å². The first-order valence-corrected chi connectivity index (χ1v) is 11.8. The van der Waals surface area contributed by atoms with Crippen molar-refractivity contribution in [2.75, 3.05) is 13.1 Å². The van der Waals surface area contributed by atoms with Crippen molar-refractivity contribution in [2.45, 2.75) is 76.4 Å².